The van der Waals surface area contributed by atoms with E-state index in [-0.39, 0.29) is 0 Å². The van der Waals surface area contributed by atoms with Gasteiger partial charge in [-0.3, -0.25) is 0 Å². The van der Waals surface area contributed by atoms with Crippen molar-refractivity contribution in [1.82, 2.24) is 0 Å². The first kappa shape index (κ1) is 7.60. The summed E-state index contributed by atoms with van der Waals surface area (Å²) < 4.78 is 5.57. The van der Waals surface area contributed by atoms with Crippen molar-refractivity contribution in [2.75, 3.05) is 13.2 Å². The van der Waals surface area contributed by atoms with Gasteiger partial charge in [0.1, 0.15) is 0 Å². The van der Waals surface area contributed by atoms with Crippen LogP contribution in [0, 0.1) is 23.7 Å². The minimum atomic E-state index is 0.818. The molecule has 0 spiro atoms. The van der Waals surface area contributed by atoms with Crippen LogP contribution in [-0.2, 0) is 4.74 Å². The van der Waals surface area contributed by atoms with Crippen molar-refractivity contribution in [3.63, 3.8) is 0 Å². The van der Waals surface area contributed by atoms with E-state index in [1.54, 1.807) is 0 Å². The van der Waals surface area contributed by atoms with Crippen molar-refractivity contribution in [2.45, 2.75) is 26.7 Å². The molecule has 2 fully saturated rings. The summed E-state index contributed by atoms with van der Waals surface area (Å²) in [5.74, 6) is 3.61. The zero-order valence-corrected chi connectivity index (χ0v) is 7.55. The highest BCUT2D eigenvalue weighted by Crippen LogP contribution is 2.43. The van der Waals surface area contributed by atoms with Crippen molar-refractivity contribution < 1.29 is 4.74 Å². The van der Waals surface area contributed by atoms with E-state index >= 15 is 0 Å². The molecule has 0 amide bonds. The van der Waals surface area contributed by atoms with Crippen molar-refractivity contribution in [3.05, 3.63) is 0 Å². The summed E-state index contributed by atoms with van der Waals surface area (Å²) in [5, 5.41) is 0. The molecule has 0 aromatic heterocycles. The molecule has 0 aromatic rings. The normalized spacial score (nSPS) is 50.7. The van der Waals surface area contributed by atoms with E-state index < -0.39 is 0 Å². The van der Waals surface area contributed by atoms with Crippen molar-refractivity contribution in [1.29, 1.82) is 0 Å². The van der Waals surface area contributed by atoms with E-state index in [1.165, 1.54) is 12.8 Å². The van der Waals surface area contributed by atoms with Gasteiger partial charge in [0, 0.05) is 13.2 Å². The maximum Gasteiger partial charge on any atom is 0.0499 e. The molecule has 1 aliphatic carbocycles. The fourth-order valence-corrected chi connectivity index (χ4v) is 2.81. The highest BCUT2D eigenvalue weighted by molar-refractivity contribution is 4.87. The first-order valence-electron chi connectivity index (χ1n) is 4.87. The second kappa shape index (κ2) is 2.78. The standard InChI is InChI=1S/C10H18O/c1-7-3-4-9-8(2)5-11-6-10(7)9/h7-10H,3-6H2,1-2H3/t7-,8+,9-,10-/m1/s1. The maximum atomic E-state index is 5.57. The number of hydrogen-bond donors (Lipinski definition) is 0. The molecule has 0 bridgehead atoms. The first-order valence-corrected chi connectivity index (χ1v) is 4.87. The quantitative estimate of drug-likeness (QED) is 0.520. The van der Waals surface area contributed by atoms with Crippen LogP contribution in [0.2, 0.25) is 0 Å². The van der Waals surface area contributed by atoms with Gasteiger partial charge in [0.05, 0.1) is 0 Å². The Morgan fingerprint density at radius 3 is 2.45 bits per heavy atom. The number of fused-ring (bicyclic) bond motifs is 1. The molecule has 4 atom stereocenters. The minimum absolute atomic E-state index is 0.818. The Balaban J connectivity index is 2.07. The summed E-state index contributed by atoms with van der Waals surface area (Å²) in [4.78, 5) is 0. The third-order valence-corrected chi connectivity index (χ3v) is 3.66. The van der Waals surface area contributed by atoms with E-state index in [2.05, 4.69) is 13.8 Å². The van der Waals surface area contributed by atoms with Gasteiger partial charge < -0.3 is 4.74 Å². The molecule has 1 heteroatoms. The predicted molar refractivity (Wildman–Crippen MR) is 45.4 cm³/mol. The van der Waals surface area contributed by atoms with Gasteiger partial charge in [-0.15, -0.1) is 0 Å². The van der Waals surface area contributed by atoms with E-state index in [0.717, 1.165) is 36.9 Å². The zero-order chi connectivity index (χ0) is 7.84. The first-order chi connectivity index (χ1) is 5.29. The van der Waals surface area contributed by atoms with Crippen LogP contribution in [0.15, 0.2) is 0 Å². The fraction of sp³-hybridized carbons (Fsp3) is 1.00. The molecule has 0 aromatic carbocycles. The molecule has 1 heterocycles. The van der Waals surface area contributed by atoms with Gasteiger partial charge in [-0.05, 0) is 30.1 Å². The summed E-state index contributed by atoms with van der Waals surface area (Å²) in [5.41, 5.74) is 0. The molecule has 64 valence electrons. The molecule has 1 nitrogen and oxygen atoms in total. The van der Waals surface area contributed by atoms with Crippen molar-refractivity contribution in [2.24, 2.45) is 23.7 Å². The van der Waals surface area contributed by atoms with Gasteiger partial charge in [0.15, 0.2) is 0 Å². The molecule has 1 saturated heterocycles. The average molecular weight is 154 g/mol. The molecule has 1 saturated carbocycles. The fourth-order valence-electron chi connectivity index (χ4n) is 2.81. The molecule has 2 aliphatic rings. The Kier molecular flexibility index (Phi) is 1.92. The largest absolute Gasteiger partial charge is 0.381 e. The van der Waals surface area contributed by atoms with Gasteiger partial charge in [-0.1, -0.05) is 20.3 Å². The molecule has 1 aliphatic heterocycles. The van der Waals surface area contributed by atoms with Crippen LogP contribution in [0.1, 0.15) is 26.7 Å². The second-order valence-electron chi connectivity index (χ2n) is 4.40. The Hall–Kier alpha value is -0.0400. The summed E-state index contributed by atoms with van der Waals surface area (Å²) in [7, 11) is 0. The van der Waals surface area contributed by atoms with Crippen molar-refractivity contribution >= 4 is 0 Å². The van der Waals surface area contributed by atoms with Crippen LogP contribution < -0.4 is 0 Å². The highest BCUT2D eigenvalue weighted by atomic mass is 16.5. The van der Waals surface area contributed by atoms with Gasteiger partial charge in [0.25, 0.3) is 0 Å². The lowest BCUT2D eigenvalue weighted by molar-refractivity contribution is -0.0200. The van der Waals surface area contributed by atoms with Crippen LogP contribution in [0.5, 0.6) is 0 Å². The van der Waals surface area contributed by atoms with Crippen LogP contribution in [-0.4, -0.2) is 13.2 Å². The summed E-state index contributed by atoms with van der Waals surface area (Å²) >= 11 is 0. The Bertz CT molecular complexity index is 142. The number of ether oxygens (including phenoxy) is 1. The van der Waals surface area contributed by atoms with E-state index in [4.69, 9.17) is 4.74 Å². The maximum absolute atomic E-state index is 5.57. The third kappa shape index (κ3) is 1.20. The van der Waals surface area contributed by atoms with Crippen LogP contribution in [0.4, 0.5) is 0 Å². The SMILES string of the molecule is C[C@@H]1CC[C@H]2[C@@H]1COC[C@@H]2C. The second-order valence-corrected chi connectivity index (χ2v) is 4.40. The molecular weight excluding hydrogens is 136 g/mol. The average Bonchev–Trinajstić information content (AvgIpc) is 2.35. The van der Waals surface area contributed by atoms with E-state index in [1.807, 2.05) is 0 Å². The van der Waals surface area contributed by atoms with Crippen molar-refractivity contribution in [3.8, 4) is 0 Å². The highest BCUT2D eigenvalue weighted by Gasteiger charge is 2.39. The lowest BCUT2D eigenvalue weighted by atomic mass is 9.81. The summed E-state index contributed by atoms with van der Waals surface area (Å²) in [6, 6.07) is 0. The van der Waals surface area contributed by atoms with Gasteiger partial charge in [-0.2, -0.15) is 0 Å². The Labute approximate surface area is 69.1 Å². The molecule has 0 radical (unpaired) electrons. The molecular formula is C10H18O. The monoisotopic (exact) mass is 154 g/mol. The Morgan fingerprint density at radius 1 is 0.909 bits per heavy atom. The molecule has 0 unspecified atom stereocenters. The third-order valence-electron chi connectivity index (χ3n) is 3.66. The van der Waals surface area contributed by atoms with Gasteiger partial charge >= 0.3 is 0 Å². The van der Waals surface area contributed by atoms with Crippen LogP contribution in [0.3, 0.4) is 0 Å². The minimum Gasteiger partial charge on any atom is -0.381 e. The molecule has 11 heavy (non-hydrogen) atoms. The Morgan fingerprint density at radius 2 is 1.73 bits per heavy atom. The lowest BCUT2D eigenvalue weighted by Crippen LogP contribution is -2.32. The lowest BCUT2D eigenvalue weighted by Gasteiger charge is -2.33. The van der Waals surface area contributed by atoms with Gasteiger partial charge in [0.2, 0.25) is 0 Å². The topological polar surface area (TPSA) is 9.23 Å². The predicted octanol–water partition coefficient (Wildman–Crippen LogP) is 2.32. The zero-order valence-electron chi connectivity index (χ0n) is 7.55. The van der Waals surface area contributed by atoms with E-state index in [9.17, 15) is 0 Å². The molecule has 2 rings (SSSR count). The van der Waals surface area contributed by atoms with E-state index in [0.29, 0.717) is 0 Å². The number of hydrogen-bond acceptors (Lipinski definition) is 1. The smallest absolute Gasteiger partial charge is 0.0499 e. The number of rotatable bonds is 0. The van der Waals surface area contributed by atoms with Crippen LogP contribution >= 0.6 is 0 Å². The van der Waals surface area contributed by atoms with Gasteiger partial charge in [-0.25, -0.2) is 0 Å². The van der Waals surface area contributed by atoms with Crippen LogP contribution in [0.25, 0.3) is 0 Å². The molecule has 0 N–H and O–H groups in total. The summed E-state index contributed by atoms with van der Waals surface area (Å²) in [6.07, 6.45) is 2.89. The summed E-state index contributed by atoms with van der Waals surface area (Å²) in [6.45, 7) is 6.77.